The number of amidine groups is 1. The number of hydrogen-bond donors (Lipinski definition) is 3. The molecule has 5 nitrogen and oxygen atoms in total. The third-order valence-corrected chi connectivity index (χ3v) is 3.51. The molecule has 0 aliphatic rings. The number of hydrogen-bond acceptors (Lipinski definition) is 3. The predicted octanol–water partition coefficient (Wildman–Crippen LogP) is 4.40. The lowest BCUT2D eigenvalue weighted by Crippen LogP contribution is -2.12. The lowest BCUT2D eigenvalue weighted by molar-refractivity contribution is -0.141. The van der Waals surface area contributed by atoms with E-state index in [9.17, 15) is 9.59 Å². The summed E-state index contributed by atoms with van der Waals surface area (Å²) in [5.41, 5.74) is 8.90. The van der Waals surface area contributed by atoms with E-state index >= 15 is 0 Å². The van der Waals surface area contributed by atoms with Gasteiger partial charge in [0.1, 0.15) is 0 Å². The smallest absolute Gasteiger partial charge is 0.306 e. The van der Waals surface area contributed by atoms with Gasteiger partial charge in [-0.2, -0.15) is 0 Å². The summed E-state index contributed by atoms with van der Waals surface area (Å²) in [6.45, 7) is 8.83. The molecule has 2 rings (SSSR count). The quantitative estimate of drug-likeness (QED) is 0.421. The Hall–Kier alpha value is -2.95. The van der Waals surface area contributed by atoms with Crippen LogP contribution in [0.4, 0.5) is 0 Å². The van der Waals surface area contributed by atoms with Gasteiger partial charge in [-0.15, -0.1) is 0 Å². The van der Waals surface area contributed by atoms with E-state index in [4.69, 9.17) is 16.2 Å². The Morgan fingerprint density at radius 1 is 1.04 bits per heavy atom. The van der Waals surface area contributed by atoms with Gasteiger partial charge in [0.05, 0.1) is 11.8 Å². The van der Waals surface area contributed by atoms with Crippen LogP contribution in [0.25, 0.3) is 0 Å². The SMILES string of the molecule is CC(=N)N.CC(=O)c1cccc(C)c1.Cc1ccc(CC(C)C(=O)O)cc1. The molecule has 0 bridgehead atoms. The van der Waals surface area contributed by atoms with E-state index in [0.717, 1.165) is 16.7 Å². The van der Waals surface area contributed by atoms with Gasteiger partial charge in [-0.25, -0.2) is 0 Å². The number of benzene rings is 2. The lowest BCUT2D eigenvalue weighted by atomic mass is 10.0. The molecule has 4 N–H and O–H groups in total. The molecule has 1 atom stereocenters. The molecular formula is C22H30N2O3. The monoisotopic (exact) mass is 370 g/mol. The van der Waals surface area contributed by atoms with Gasteiger partial charge in [0, 0.05) is 5.56 Å². The Balaban J connectivity index is 0.000000428. The molecule has 0 fully saturated rings. The van der Waals surface area contributed by atoms with Crippen LogP contribution in [0.3, 0.4) is 0 Å². The van der Waals surface area contributed by atoms with Crippen molar-refractivity contribution in [1.82, 2.24) is 0 Å². The number of Topliss-reactive ketones (excluding diaryl/α,β-unsaturated/α-hetero) is 1. The molecule has 27 heavy (non-hydrogen) atoms. The molecule has 0 amide bonds. The lowest BCUT2D eigenvalue weighted by Gasteiger charge is -2.05. The maximum Gasteiger partial charge on any atom is 0.306 e. The Labute approximate surface area is 161 Å². The third kappa shape index (κ3) is 12.1. The number of aryl methyl sites for hydroxylation is 2. The highest BCUT2D eigenvalue weighted by Gasteiger charge is 2.10. The number of nitrogens with one attached hydrogen (secondary N) is 1. The summed E-state index contributed by atoms with van der Waals surface area (Å²) in [4.78, 5) is 21.4. The van der Waals surface area contributed by atoms with E-state index in [1.54, 1.807) is 13.8 Å². The summed E-state index contributed by atoms with van der Waals surface area (Å²) in [7, 11) is 0. The number of carbonyl (C=O) groups is 2. The van der Waals surface area contributed by atoms with Crippen molar-refractivity contribution >= 4 is 17.6 Å². The average molecular weight is 370 g/mol. The van der Waals surface area contributed by atoms with Crippen LogP contribution in [-0.4, -0.2) is 22.7 Å². The van der Waals surface area contributed by atoms with Gasteiger partial charge >= 0.3 is 5.97 Å². The van der Waals surface area contributed by atoms with E-state index in [1.807, 2.05) is 62.4 Å². The number of rotatable bonds is 4. The number of ketones is 1. The molecule has 0 aliphatic carbocycles. The van der Waals surface area contributed by atoms with E-state index in [1.165, 1.54) is 12.5 Å². The van der Waals surface area contributed by atoms with Crippen molar-refractivity contribution in [2.24, 2.45) is 11.7 Å². The van der Waals surface area contributed by atoms with Crippen LogP contribution in [0.5, 0.6) is 0 Å². The molecule has 5 heteroatoms. The molecule has 0 spiro atoms. The summed E-state index contributed by atoms with van der Waals surface area (Å²) >= 11 is 0. The fraction of sp³-hybridized carbons (Fsp3) is 0.318. The van der Waals surface area contributed by atoms with Crippen molar-refractivity contribution in [3.63, 3.8) is 0 Å². The zero-order valence-corrected chi connectivity index (χ0v) is 16.7. The Morgan fingerprint density at radius 2 is 1.56 bits per heavy atom. The second kappa shape index (κ2) is 12.4. The first-order valence-corrected chi connectivity index (χ1v) is 8.69. The summed E-state index contributed by atoms with van der Waals surface area (Å²) in [6, 6.07) is 15.6. The van der Waals surface area contributed by atoms with Crippen molar-refractivity contribution < 1.29 is 14.7 Å². The normalized spacial score (nSPS) is 10.4. The minimum Gasteiger partial charge on any atom is -0.481 e. The van der Waals surface area contributed by atoms with Crippen LogP contribution in [0.2, 0.25) is 0 Å². The molecule has 146 valence electrons. The summed E-state index contributed by atoms with van der Waals surface area (Å²) in [6.07, 6.45) is 0.607. The molecule has 2 aromatic carbocycles. The van der Waals surface area contributed by atoms with Gasteiger partial charge in [0.25, 0.3) is 0 Å². The van der Waals surface area contributed by atoms with Gasteiger partial charge in [0.2, 0.25) is 0 Å². The topological polar surface area (TPSA) is 104 Å². The van der Waals surface area contributed by atoms with Gasteiger partial charge in [-0.3, -0.25) is 15.0 Å². The second-order valence-electron chi connectivity index (χ2n) is 6.54. The Bertz CT molecular complexity index is 748. The third-order valence-electron chi connectivity index (χ3n) is 3.51. The fourth-order valence-electron chi connectivity index (χ4n) is 2.03. The van der Waals surface area contributed by atoms with Crippen LogP contribution < -0.4 is 5.73 Å². The zero-order valence-electron chi connectivity index (χ0n) is 16.7. The molecule has 0 heterocycles. The zero-order chi connectivity index (χ0) is 21.0. The van der Waals surface area contributed by atoms with Gasteiger partial charge in [0.15, 0.2) is 5.78 Å². The van der Waals surface area contributed by atoms with Crippen molar-refractivity contribution in [3.05, 3.63) is 70.8 Å². The van der Waals surface area contributed by atoms with Crippen LogP contribution in [-0.2, 0) is 11.2 Å². The van der Waals surface area contributed by atoms with Crippen LogP contribution in [0, 0.1) is 25.2 Å². The minimum atomic E-state index is -0.736. The first-order valence-electron chi connectivity index (χ1n) is 8.69. The molecule has 0 radical (unpaired) electrons. The Kier molecular flexibility index (Phi) is 11.1. The summed E-state index contributed by atoms with van der Waals surface area (Å²) in [5.74, 6) is -0.744. The highest BCUT2D eigenvalue weighted by molar-refractivity contribution is 5.94. The van der Waals surface area contributed by atoms with Gasteiger partial charge < -0.3 is 10.8 Å². The van der Waals surface area contributed by atoms with Gasteiger partial charge in [-0.1, -0.05) is 60.5 Å². The van der Waals surface area contributed by atoms with Crippen molar-refractivity contribution in [1.29, 1.82) is 5.41 Å². The number of carbonyl (C=O) groups excluding carboxylic acids is 1. The van der Waals surface area contributed by atoms with E-state index in [0.29, 0.717) is 6.42 Å². The van der Waals surface area contributed by atoms with Crippen molar-refractivity contribution in [3.8, 4) is 0 Å². The second-order valence-corrected chi connectivity index (χ2v) is 6.54. The molecule has 0 aliphatic heterocycles. The molecular weight excluding hydrogens is 340 g/mol. The molecule has 0 saturated heterocycles. The number of nitrogens with two attached hydrogens (primary N) is 1. The molecule has 0 aromatic heterocycles. The maximum absolute atomic E-state index is 10.8. The van der Waals surface area contributed by atoms with Gasteiger partial charge in [-0.05, 0) is 45.7 Å². The summed E-state index contributed by atoms with van der Waals surface area (Å²) in [5, 5.41) is 15.0. The predicted molar refractivity (Wildman–Crippen MR) is 110 cm³/mol. The fourth-order valence-corrected chi connectivity index (χ4v) is 2.03. The molecule has 0 saturated carbocycles. The number of carboxylic acid groups (broad SMARTS) is 1. The molecule has 2 aromatic rings. The number of carboxylic acids is 1. The van der Waals surface area contributed by atoms with Crippen molar-refractivity contribution in [2.45, 2.75) is 41.0 Å². The minimum absolute atomic E-state index is 0.128. The van der Waals surface area contributed by atoms with Crippen LogP contribution >= 0.6 is 0 Å². The average Bonchev–Trinajstić information content (AvgIpc) is 2.57. The first-order chi connectivity index (χ1) is 12.5. The largest absolute Gasteiger partial charge is 0.481 e. The van der Waals surface area contributed by atoms with Crippen LogP contribution in [0.1, 0.15) is 47.8 Å². The number of aliphatic carboxylic acids is 1. The maximum atomic E-state index is 10.8. The molecule has 1 unspecified atom stereocenters. The standard InChI is InChI=1S/C11H14O2.C9H10O.C2H6N2/c1-8-3-5-10(6-4-8)7-9(2)11(12)13;1-7-4-3-5-9(6-7)8(2)10;1-2(3)4/h3-6,9H,7H2,1-2H3,(H,12,13);3-6H,1-2H3;1H3,(H3,3,4). The van der Waals surface area contributed by atoms with Crippen LogP contribution in [0.15, 0.2) is 48.5 Å². The highest BCUT2D eigenvalue weighted by atomic mass is 16.4. The van der Waals surface area contributed by atoms with E-state index in [2.05, 4.69) is 0 Å². The van der Waals surface area contributed by atoms with E-state index in [-0.39, 0.29) is 17.5 Å². The summed E-state index contributed by atoms with van der Waals surface area (Å²) < 4.78 is 0. The Morgan fingerprint density at radius 3 is 1.93 bits per heavy atom. The van der Waals surface area contributed by atoms with E-state index < -0.39 is 5.97 Å². The first kappa shape index (κ1) is 24.1. The van der Waals surface area contributed by atoms with Crippen molar-refractivity contribution in [2.75, 3.05) is 0 Å². The highest BCUT2D eigenvalue weighted by Crippen LogP contribution is 2.09.